The second-order valence-corrected chi connectivity index (χ2v) is 8.73. The maximum absolute atomic E-state index is 13.6. The molecule has 0 radical (unpaired) electrons. The van der Waals surface area contributed by atoms with E-state index in [0.717, 1.165) is 31.1 Å². The first-order valence-corrected chi connectivity index (χ1v) is 11.7. The van der Waals surface area contributed by atoms with E-state index in [1.54, 1.807) is 0 Å². The molecular weight excluding hydrogens is 478 g/mol. The molecule has 1 saturated carbocycles. The smallest absolute Gasteiger partial charge is 0.344 e. The van der Waals surface area contributed by atoms with E-state index in [-0.39, 0.29) is 18.9 Å². The molecule has 7 N–H and O–H groups in total. The first-order valence-electron chi connectivity index (χ1n) is 11.7. The quantitative estimate of drug-likeness (QED) is 0.0910. The first kappa shape index (κ1) is 28.3. The maximum Gasteiger partial charge on any atom is 0.344 e. The Morgan fingerprint density at radius 2 is 1.75 bits per heavy atom. The van der Waals surface area contributed by atoms with Gasteiger partial charge in [-0.15, -0.1) is 0 Å². The van der Waals surface area contributed by atoms with Crippen LogP contribution < -0.4 is 16.8 Å². The summed E-state index contributed by atoms with van der Waals surface area (Å²) in [5, 5.41) is 22.2. The number of carboxylic acid groups (broad SMARTS) is 2. The second kappa shape index (κ2) is 12.7. The SMILES string of the molecule is CC(=O)N(C(CC(=O)O)C(=O)N(CC(=O)O)C1CCCCC1)N1C(=O)N[C@@H](CCCN=C(N)N)C1=O. The molecule has 200 valence electrons. The zero-order chi connectivity index (χ0) is 27.0. The lowest BCUT2D eigenvalue weighted by molar-refractivity contribution is -0.169. The lowest BCUT2D eigenvalue weighted by Crippen LogP contribution is -2.61. The summed E-state index contributed by atoms with van der Waals surface area (Å²) in [5.74, 6) is -5.67. The summed E-state index contributed by atoms with van der Waals surface area (Å²) in [6.07, 6.45) is 2.94. The number of nitrogens with zero attached hydrogens (tertiary/aromatic N) is 4. The Kier molecular flexibility index (Phi) is 9.99. The van der Waals surface area contributed by atoms with Crippen LogP contribution in [0.25, 0.3) is 0 Å². The van der Waals surface area contributed by atoms with Crippen molar-refractivity contribution in [3.05, 3.63) is 0 Å². The summed E-state index contributed by atoms with van der Waals surface area (Å²) >= 11 is 0. The largest absolute Gasteiger partial charge is 0.481 e. The van der Waals surface area contributed by atoms with Crippen LogP contribution in [0.3, 0.4) is 0 Å². The van der Waals surface area contributed by atoms with E-state index < -0.39 is 66.8 Å². The van der Waals surface area contributed by atoms with Crippen LogP contribution in [0.5, 0.6) is 0 Å². The van der Waals surface area contributed by atoms with Crippen LogP contribution >= 0.6 is 0 Å². The number of aliphatic carboxylic acids is 2. The molecule has 15 heteroatoms. The Hall–Kier alpha value is -3.91. The molecule has 0 spiro atoms. The molecule has 2 rings (SSSR count). The van der Waals surface area contributed by atoms with E-state index in [0.29, 0.717) is 29.3 Å². The molecule has 1 unspecified atom stereocenters. The molecule has 1 saturated heterocycles. The number of guanidine groups is 1. The van der Waals surface area contributed by atoms with Gasteiger partial charge < -0.3 is 31.9 Å². The highest BCUT2D eigenvalue weighted by atomic mass is 16.4. The lowest BCUT2D eigenvalue weighted by atomic mass is 9.93. The normalized spacial score (nSPS) is 18.8. The third-order valence-corrected chi connectivity index (χ3v) is 6.03. The Labute approximate surface area is 207 Å². The number of carboxylic acids is 2. The van der Waals surface area contributed by atoms with Gasteiger partial charge in [0.15, 0.2) is 5.96 Å². The van der Waals surface area contributed by atoms with E-state index >= 15 is 0 Å². The standard InChI is InChI=1S/C21H33N7O8/c1-12(29)27(28-18(34)14(25-21(28)36)8-5-9-24-20(22)23)15(10-16(30)31)19(35)26(11-17(32)33)13-6-3-2-4-7-13/h13-15H,2-11H2,1H3,(H,25,36)(H,30,31)(H,32,33)(H4,22,23,24)/t14-,15?/m0/s1. The van der Waals surface area contributed by atoms with Crippen molar-refractivity contribution in [1.29, 1.82) is 0 Å². The molecule has 0 aromatic carbocycles. The number of hydrogen-bond donors (Lipinski definition) is 5. The van der Waals surface area contributed by atoms with Crippen LogP contribution in [0.2, 0.25) is 0 Å². The molecule has 15 nitrogen and oxygen atoms in total. The highest BCUT2D eigenvalue weighted by Crippen LogP contribution is 2.26. The lowest BCUT2D eigenvalue weighted by Gasteiger charge is -2.39. The number of nitrogens with two attached hydrogens (primary N) is 2. The number of imide groups is 1. The van der Waals surface area contributed by atoms with Crippen molar-refractivity contribution >= 4 is 41.7 Å². The predicted octanol–water partition coefficient (Wildman–Crippen LogP) is -1.19. The molecule has 1 heterocycles. The highest BCUT2D eigenvalue weighted by molar-refractivity contribution is 6.06. The average molecular weight is 512 g/mol. The summed E-state index contributed by atoms with van der Waals surface area (Å²) in [7, 11) is 0. The van der Waals surface area contributed by atoms with Crippen molar-refractivity contribution in [2.45, 2.75) is 76.4 Å². The van der Waals surface area contributed by atoms with Crippen LogP contribution in [-0.2, 0) is 24.0 Å². The van der Waals surface area contributed by atoms with Gasteiger partial charge in [-0.1, -0.05) is 19.3 Å². The molecule has 1 aliphatic carbocycles. The van der Waals surface area contributed by atoms with E-state index in [1.807, 2.05) is 0 Å². The number of rotatable bonds is 12. The zero-order valence-corrected chi connectivity index (χ0v) is 20.1. The van der Waals surface area contributed by atoms with Crippen molar-refractivity contribution in [2.24, 2.45) is 16.5 Å². The Bertz CT molecular complexity index is 914. The van der Waals surface area contributed by atoms with Gasteiger partial charge in [0, 0.05) is 19.5 Å². The van der Waals surface area contributed by atoms with Crippen molar-refractivity contribution in [3.8, 4) is 0 Å². The minimum absolute atomic E-state index is 0.119. The van der Waals surface area contributed by atoms with Gasteiger partial charge in [-0.2, -0.15) is 5.01 Å². The summed E-state index contributed by atoms with van der Waals surface area (Å²) in [6.45, 7) is 0.458. The summed E-state index contributed by atoms with van der Waals surface area (Å²) in [6, 6.07) is -4.34. The molecule has 1 aliphatic heterocycles. The van der Waals surface area contributed by atoms with E-state index in [9.17, 15) is 39.0 Å². The number of nitrogens with one attached hydrogen (secondary N) is 1. The van der Waals surface area contributed by atoms with Gasteiger partial charge in [0.2, 0.25) is 11.8 Å². The second-order valence-electron chi connectivity index (χ2n) is 8.73. The van der Waals surface area contributed by atoms with Crippen LogP contribution in [0.1, 0.15) is 58.3 Å². The van der Waals surface area contributed by atoms with Crippen molar-refractivity contribution in [1.82, 2.24) is 20.2 Å². The number of carbonyl (C=O) groups is 6. The summed E-state index contributed by atoms with van der Waals surface area (Å²) in [4.78, 5) is 80.0. The minimum atomic E-state index is -1.81. The maximum atomic E-state index is 13.6. The predicted molar refractivity (Wildman–Crippen MR) is 124 cm³/mol. The minimum Gasteiger partial charge on any atom is -0.481 e. The molecule has 36 heavy (non-hydrogen) atoms. The summed E-state index contributed by atoms with van der Waals surface area (Å²) < 4.78 is 0. The van der Waals surface area contributed by atoms with Crippen LogP contribution in [-0.4, -0.2) is 98.0 Å². The first-order chi connectivity index (χ1) is 16.9. The molecule has 2 fully saturated rings. The molecule has 2 aliphatic rings. The van der Waals surface area contributed by atoms with Gasteiger partial charge in [0.1, 0.15) is 18.6 Å². The summed E-state index contributed by atoms with van der Waals surface area (Å²) in [5.41, 5.74) is 10.5. The van der Waals surface area contributed by atoms with E-state index in [4.69, 9.17) is 11.5 Å². The molecule has 0 aromatic rings. The number of hydrazine groups is 1. The number of aliphatic imine (C=N–C) groups is 1. The molecule has 5 amide bonds. The van der Waals surface area contributed by atoms with Crippen molar-refractivity contribution < 1.29 is 39.0 Å². The monoisotopic (exact) mass is 511 g/mol. The number of carbonyl (C=O) groups excluding carboxylic acids is 4. The topological polar surface area (TPSA) is 229 Å². The van der Waals surface area contributed by atoms with E-state index in [2.05, 4.69) is 10.3 Å². The molecular formula is C21H33N7O8. The Morgan fingerprint density at radius 3 is 2.28 bits per heavy atom. The molecule has 0 aromatic heterocycles. The Balaban J connectivity index is 2.36. The number of hydrogen-bond acceptors (Lipinski definition) is 7. The van der Waals surface area contributed by atoms with Crippen LogP contribution in [0.15, 0.2) is 4.99 Å². The molecule has 0 bridgehead atoms. The third kappa shape index (κ3) is 7.29. The van der Waals surface area contributed by atoms with Gasteiger partial charge in [-0.25, -0.2) is 9.80 Å². The van der Waals surface area contributed by atoms with Gasteiger partial charge in [-0.3, -0.25) is 29.0 Å². The fourth-order valence-corrected chi connectivity index (χ4v) is 4.48. The molecule has 2 atom stereocenters. The fraction of sp³-hybridized carbons (Fsp3) is 0.667. The van der Waals surface area contributed by atoms with Crippen molar-refractivity contribution in [2.75, 3.05) is 13.1 Å². The highest BCUT2D eigenvalue weighted by Gasteiger charge is 2.48. The van der Waals surface area contributed by atoms with E-state index in [1.165, 1.54) is 0 Å². The average Bonchev–Trinajstić information content (AvgIpc) is 3.07. The van der Waals surface area contributed by atoms with Gasteiger partial charge >= 0.3 is 18.0 Å². The zero-order valence-electron chi connectivity index (χ0n) is 20.1. The third-order valence-electron chi connectivity index (χ3n) is 6.03. The fourth-order valence-electron chi connectivity index (χ4n) is 4.48. The van der Waals surface area contributed by atoms with Gasteiger partial charge in [0.25, 0.3) is 5.91 Å². The van der Waals surface area contributed by atoms with Gasteiger partial charge in [0.05, 0.1) is 6.42 Å². The Morgan fingerprint density at radius 1 is 1.11 bits per heavy atom. The van der Waals surface area contributed by atoms with Crippen LogP contribution in [0.4, 0.5) is 4.79 Å². The number of amides is 5. The van der Waals surface area contributed by atoms with Crippen LogP contribution in [0, 0.1) is 0 Å². The van der Waals surface area contributed by atoms with Crippen molar-refractivity contribution in [3.63, 3.8) is 0 Å². The number of urea groups is 1. The van der Waals surface area contributed by atoms with Gasteiger partial charge in [-0.05, 0) is 25.7 Å².